The number of rotatable bonds is 4. The van der Waals surface area contributed by atoms with E-state index in [4.69, 9.17) is 4.42 Å². The molecule has 1 amide bonds. The third-order valence-electron chi connectivity index (χ3n) is 4.39. The van der Waals surface area contributed by atoms with E-state index in [1.807, 2.05) is 7.05 Å². The van der Waals surface area contributed by atoms with Gasteiger partial charge in [-0.2, -0.15) is 10.2 Å². The fourth-order valence-corrected chi connectivity index (χ4v) is 2.93. The lowest BCUT2D eigenvalue weighted by Gasteiger charge is -2.40. The van der Waals surface area contributed by atoms with Crippen LogP contribution in [0.5, 0.6) is 0 Å². The summed E-state index contributed by atoms with van der Waals surface area (Å²) in [5.74, 6) is 1.25. The van der Waals surface area contributed by atoms with Crippen LogP contribution in [0.4, 0.5) is 0 Å². The number of aromatic nitrogens is 6. The smallest absolute Gasteiger partial charge is 0.274 e. The SMILES string of the molecule is Cc1oc(-c2cnn(C)c2)nc1C(=O)NC1(c2ncn[nH]2)CCC1. The van der Waals surface area contributed by atoms with Crippen molar-refractivity contribution in [1.82, 2.24) is 35.3 Å². The summed E-state index contributed by atoms with van der Waals surface area (Å²) in [7, 11) is 1.81. The van der Waals surface area contributed by atoms with Crippen molar-refractivity contribution in [3.8, 4) is 11.5 Å². The van der Waals surface area contributed by atoms with Gasteiger partial charge in [-0.3, -0.25) is 14.6 Å². The molecule has 1 saturated carbocycles. The number of aromatic amines is 1. The van der Waals surface area contributed by atoms with Gasteiger partial charge in [-0.1, -0.05) is 0 Å². The predicted octanol–water partition coefficient (Wildman–Crippen LogP) is 1.31. The Morgan fingerprint density at radius 2 is 2.29 bits per heavy atom. The van der Waals surface area contributed by atoms with E-state index in [0.29, 0.717) is 17.5 Å². The molecule has 0 aromatic carbocycles. The molecule has 3 heterocycles. The molecule has 1 aliphatic carbocycles. The summed E-state index contributed by atoms with van der Waals surface area (Å²) in [6.07, 6.45) is 7.55. The summed E-state index contributed by atoms with van der Waals surface area (Å²) in [5.41, 5.74) is 0.515. The van der Waals surface area contributed by atoms with Crippen LogP contribution in [0, 0.1) is 6.92 Å². The first kappa shape index (κ1) is 14.6. The van der Waals surface area contributed by atoms with Crippen molar-refractivity contribution in [2.75, 3.05) is 0 Å². The highest BCUT2D eigenvalue weighted by Gasteiger charge is 2.43. The molecule has 0 unspecified atom stereocenters. The first-order valence-corrected chi connectivity index (χ1v) is 7.72. The molecule has 0 spiro atoms. The van der Waals surface area contributed by atoms with E-state index in [-0.39, 0.29) is 11.6 Å². The zero-order valence-corrected chi connectivity index (χ0v) is 13.4. The number of hydrogen-bond donors (Lipinski definition) is 2. The number of nitrogens with zero attached hydrogens (tertiary/aromatic N) is 5. The van der Waals surface area contributed by atoms with Crippen LogP contribution in [0.2, 0.25) is 0 Å². The van der Waals surface area contributed by atoms with Crippen molar-refractivity contribution in [3.05, 3.63) is 36.0 Å². The van der Waals surface area contributed by atoms with E-state index in [1.54, 1.807) is 24.0 Å². The summed E-state index contributed by atoms with van der Waals surface area (Å²) in [4.78, 5) is 21.2. The molecule has 24 heavy (non-hydrogen) atoms. The van der Waals surface area contributed by atoms with Crippen LogP contribution in [-0.4, -0.2) is 35.9 Å². The minimum atomic E-state index is -0.493. The molecule has 0 saturated heterocycles. The molecule has 124 valence electrons. The first-order valence-electron chi connectivity index (χ1n) is 7.72. The van der Waals surface area contributed by atoms with Gasteiger partial charge >= 0.3 is 0 Å². The normalized spacial score (nSPS) is 15.9. The van der Waals surface area contributed by atoms with Crippen molar-refractivity contribution in [2.45, 2.75) is 31.7 Å². The predicted molar refractivity (Wildman–Crippen MR) is 82.8 cm³/mol. The number of carbonyl (C=O) groups excluding carboxylic acids is 1. The van der Waals surface area contributed by atoms with Gasteiger partial charge in [0.05, 0.1) is 17.3 Å². The van der Waals surface area contributed by atoms with Gasteiger partial charge in [0, 0.05) is 13.2 Å². The Labute approximate surface area is 137 Å². The minimum Gasteiger partial charge on any atom is -0.440 e. The minimum absolute atomic E-state index is 0.275. The number of carbonyl (C=O) groups is 1. The molecule has 9 heteroatoms. The van der Waals surface area contributed by atoms with Crippen LogP contribution in [0.15, 0.2) is 23.1 Å². The van der Waals surface area contributed by atoms with Crippen LogP contribution in [-0.2, 0) is 12.6 Å². The van der Waals surface area contributed by atoms with Gasteiger partial charge in [0.15, 0.2) is 5.69 Å². The fraction of sp³-hybridized carbons (Fsp3) is 0.400. The average molecular weight is 327 g/mol. The number of oxazole rings is 1. The van der Waals surface area contributed by atoms with E-state index in [1.165, 1.54) is 6.33 Å². The molecule has 2 N–H and O–H groups in total. The Bertz CT molecular complexity index is 874. The third-order valence-corrected chi connectivity index (χ3v) is 4.39. The van der Waals surface area contributed by atoms with Crippen LogP contribution in [0.3, 0.4) is 0 Å². The lowest BCUT2D eigenvalue weighted by molar-refractivity contribution is 0.0803. The maximum absolute atomic E-state index is 12.7. The fourth-order valence-electron chi connectivity index (χ4n) is 2.93. The second kappa shape index (κ2) is 5.29. The van der Waals surface area contributed by atoms with E-state index in [2.05, 4.69) is 30.6 Å². The molecule has 9 nitrogen and oxygen atoms in total. The van der Waals surface area contributed by atoms with Gasteiger partial charge < -0.3 is 9.73 Å². The molecule has 4 rings (SSSR count). The molecular weight excluding hydrogens is 310 g/mol. The Hall–Kier alpha value is -2.97. The largest absolute Gasteiger partial charge is 0.440 e. The summed E-state index contributed by atoms with van der Waals surface area (Å²) in [6, 6.07) is 0. The standard InChI is InChI=1S/C15H17N7O2/c1-9-11(19-13(24-9)10-6-18-22(2)7-10)12(23)20-15(4-3-5-15)14-16-8-17-21-14/h6-8H,3-5H2,1-2H3,(H,20,23)(H,16,17,21). The monoisotopic (exact) mass is 327 g/mol. The lowest BCUT2D eigenvalue weighted by Crippen LogP contribution is -2.51. The molecule has 0 aliphatic heterocycles. The van der Waals surface area contributed by atoms with Crippen LogP contribution in [0.1, 0.15) is 41.3 Å². The average Bonchev–Trinajstić information content (AvgIpc) is 3.23. The molecule has 1 fully saturated rings. The van der Waals surface area contributed by atoms with E-state index >= 15 is 0 Å². The molecule has 3 aromatic rings. The second-order valence-corrected chi connectivity index (χ2v) is 6.05. The van der Waals surface area contributed by atoms with Gasteiger partial charge in [0.2, 0.25) is 5.89 Å². The second-order valence-electron chi connectivity index (χ2n) is 6.05. The Balaban J connectivity index is 1.60. The zero-order chi connectivity index (χ0) is 16.7. The lowest BCUT2D eigenvalue weighted by atomic mass is 9.76. The van der Waals surface area contributed by atoms with Crippen molar-refractivity contribution < 1.29 is 9.21 Å². The zero-order valence-electron chi connectivity index (χ0n) is 13.4. The summed E-state index contributed by atoms with van der Waals surface area (Å²) in [5, 5.41) is 13.9. The number of hydrogen-bond acceptors (Lipinski definition) is 6. The summed E-state index contributed by atoms with van der Waals surface area (Å²) >= 11 is 0. The molecule has 3 aromatic heterocycles. The Morgan fingerprint density at radius 1 is 1.46 bits per heavy atom. The van der Waals surface area contributed by atoms with Crippen molar-refractivity contribution in [2.24, 2.45) is 7.05 Å². The van der Waals surface area contributed by atoms with Gasteiger partial charge in [-0.15, -0.1) is 0 Å². The summed E-state index contributed by atoms with van der Waals surface area (Å²) < 4.78 is 7.29. The number of nitrogens with one attached hydrogen (secondary N) is 2. The van der Waals surface area contributed by atoms with Crippen molar-refractivity contribution in [3.63, 3.8) is 0 Å². The van der Waals surface area contributed by atoms with Crippen molar-refractivity contribution in [1.29, 1.82) is 0 Å². The third kappa shape index (κ3) is 2.29. The Morgan fingerprint density at radius 3 is 2.88 bits per heavy atom. The van der Waals surface area contributed by atoms with E-state index in [0.717, 1.165) is 24.8 Å². The highest BCUT2D eigenvalue weighted by molar-refractivity contribution is 5.94. The molecular formula is C15H17N7O2. The molecule has 1 aliphatic rings. The maximum Gasteiger partial charge on any atom is 0.274 e. The van der Waals surface area contributed by atoms with E-state index in [9.17, 15) is 4.79 Å². The van der Waals surface area contributed by atoms with Crippen molar-refractivity contribution >= 4 is 5.91 Å². The molecule has 0 radical (unpaired) electrons. The Kier molecular flexibility index (Phi) is 3.22. The summed E-state index contributed by atoms with van der Waals surface area (Å²) in [6.45, 7) is 1.73. The molecule has 0 atom stereocenters. The quantitative estimate of drug-likeness (QED) is 0.746. The van der Waals surface area contributed by atoms with Gasteiger partial charge in [0.25, 0.3) is 5.91 Å². The highest BCUT2D eigenvalue weighted by Crippen LogP contribution is 2.39. The van der Waals surface area contributed by atoms with Gasteiger partial charge in [0.1, 0.15) is 17.9 Å². The molecule has 0 bridgehead atoms. The van der Waals surface area contributed by atoms with Crippen LogP contribution in [0.25, 0.3) is 11.5 Å². The van der Waals surface area contributed by atoms with Crippen LogP contribution >= 0.6 is 0 Å². The maximum atomic E-state index is 12.7. The highest BCUT2D eigenvalue weighted by atomic mass is 16.4. The van der Waals surface area contributed by atoms with Gasteiger partial charge in [-0.05, 0) is 26.2 Å². The first-order chi connectivity index (χ1) is 11.6. The number of aryl methyl sites for hydroxylation is 2. The number of H-pyrrole nitrogens is 1. The number of amides is 1. The van der Waals surface area contributed by atoms with Gasteiger partial charge in [-0.25, -0.2) is 9.97 Å². The topological polar surface area (TPSA) is 115 Å². The van der Waals surface area contributed by atoms with Crippen LogP contribution < -0.4 is 5.32 Å². The van der Waals surface area contributed by atoms with E-state index < -0.39 is 5.54 Å².